The number of anilines is 1. The first-order valence-corrected chi connectivity index (χ1v) is 7.78. The van der Waals surface area contributed by atoms with E-state index in [4.69, 9.17) is 9.47 Å². The molecule has 5 heteroatoms. The van der Waals surface area contributed by atoms with E-state index in [1.165, 1.54) is 12.0 Å². The van der Waals surface area contributed by atoms with Crippen LogP contribution in [0.3, 0.4) is 0 Å². The molecule has 1 aromatic rings. The smallest absolute Gasteiger partial charge is 0.412 e. The van der Waals surface area contributed by atoms with E-state index in [1.54, 1.807) is 7.11 Å². The molecule has 2 rings (SSSR count). The van der Waals surface area contributed by atoms with Gasteiger partial charge in [0.2, 0.25) is 0 Å². The van der Waals surface area contributed by atoms with Gasteiger partial charge in [-0.3, -0.25) is 5.32 Å². The van der Waals surface area contributed by atoms with Crippen LogP contribution in [0.1, 0.15) is 45.1 Å². The van der Waals surface area contributed by atoms with Crippen molar-refractivity contribution in [2.45, 2.75) is 45.1 Å². The topological polar surface area (TPSA) is 59.6 Å². The van der Waals surface area contributed by atoms with Crippen molar-refractivity contribution in [3.05, 3.63) is 23.8 Å². The molecule has 1 amide bonds. The molecule has 1 saturated heterocycles. The van der Waals surface area contributed by atoms with Crippen LogP contribution < -0.4 is 15.4 Å². The molecular formula is C17H26N2O3. The highest BCUT2D eigenvalue weighted by Gasteiger charge is 2.20. The molecule has 0 spiro atoms. The van der Waals surface area contributed by atoms with Crippen molar-refractivity contribution in [2.75, 3.05) is 25.5 Å². The lowest BCUT2D eigenvalue weighted by Gasteiger charge is -2.24. The largest absolute Gasteiger partial charge is 0.495 e. The highest BCUT2D eigenvalue weighted by molar-refractivity contribution is 5.87. The van der Waals surface area contributed by atoms with Gasteiger partial charge in [0.1, 0.15) is 11.4 Å². The zero-order chi connectivity index (χ0) is 16.2. The number of methoxy groups -OCH3 is 1. The summed E-state index contributed by atoms with van der Waals surface area (Å²) in [6.45, 7) is 7.57. The molecule has 2 N–H and O–H groups in total. The Hall–Kier alpha value is -1.75. The number of nitrogens with one attached hydrogen (secondary N) is 2. The third-order valence-corrected chi connectivity index (χ3v) is 3.63. The number of amides is 1. The summed E-state index contributed by atoms with van der Waals surface area (Å²) < 4.78 is 10.6. The molecule has 1 unspecified atom stereocenters. The van der Waals surface area contributed by atoms with Gasteiger partial charge in [-0.2, -0.15) is 0 Å². The van der Waals surface area contributed by atoms with Gasteiger partial charge in [0, 0.05) is 6.54 Å². The third-order valence-electron chi connectivity index (χ3n) is 3.63. The van der Waals surface area contributed by atoms with Crippen molar-refractivity contribution in [1.29, 1.82) is 0 Å². The first kappa shape index (κ1) is 16.6. The summed E-state index contributed by atoms with van der Waals surface area (Å²) in [6.07, 6.45) is 1.86. The molecule has 0 saturated carbocycles. The fourth-order valence-corrected chi connectivity index (χ4v) is 2.63. The van der Waals surface area contributed by atoms with E-state index >= 15 is 0 Å². The van der Waals surface area contributed by atoms with Gasteiger partial charge < -0.3 is 14.8 Å². The number of carbonyl (C=O) groups is 1. The van der Waals surface area contributed by atoms with Crippen molar-refractivity contribution in [1.82, 2.24) is 5.32 Å². The third kappa shape index (κ3) is 4.63. The summed E-state index contributed by atoms with van der Waals surface area (Å²) in [6, 6.07) is 5.95. The second kappa shape index (κ2) is 7.01. The van der Waals surface area contributed by atoms with Gasteiger partial charge in [-0.15, -0.1) is 0 Å². The maximum Gasteiger partial charge on any atom is 0.412 e. The monoisotopic (exact) mass is 306 g/mol. The molecule has 22 heavy (non-hydrogen) atoms. The van der Waals surface area contributed by atoms with Crippen molar-refractivity contribution in [2.24, 2.45) is 0 Å². The van der Waals surface area contributed by atoms with Gasteiger partial charge in [0.15, 0.2) is 0 Å². The molecule has 0 aromatic heterocycles. The molecule has 1 heterocycles. The van der Waals surface area contributed by atoms with Crippen LogP contribution in [0.5, 0.6) is 5.75 Å². The molecule has 122 valence electrons. The summed E-state index contributed by atoms with van der Waals surface area (Å²) in [5.41, 5.74) is 1.33. The van der Waals surface area contributed by atoms with Gasteiger partial charge in [-0.05, 0) is 63.8 Å². The second-order valence-electron chi connectivity index (χ2n) is 6.63. The molecule has 0 aliphatic carbocycles. The van der Waals surface area contributed by atoms with E-state index in [0.29, 0.717) is 17.4 Å². The molecule has 0 bridgehead atoms. The molecule has 1 aromatic carbocycles. The van der Waals surface area contributed by atoms with Gasteiger partial charge in [-0.1, -0.05) is 6.07 Å². The Morgan fingerprint density at radius 3 is 2.73 bits per heavy atom. The van der Waals surface area contributed by atoms with Gasteiger partial charge in [0.05, 0.1) is 12.8 Å². The van der Waals surface area contributed by atoms with Crippen LogP contribution in [-0.4, -0.2) is 31.9 Å². The maximum absolute atomic E-state index is 12.0. The standard InChI is InChI=1S/C17H26N2O3/c1-17(2,3)22-16(20)19-14-10-12(7-8-15(14)21-4)13-6-5-9-18-11-13/h7-8,10,13,18H,5-6,9,11H2,1-4H3,(H,19,20). The van der Waals surface area contributed by atoms with Gasteiger partial charge >= 0.3 is 6.09 Å². The Morgan fingerprint density at radius 1 is 1.36 bits per heavy atom. The first-order valence-electron chi connectivity index (χ1n) is 7.78. The summed E-state index contributed by atoms with van der Waals surface area (Å²) in [4.78, 5) is 12.0. The Kier molecular flexibility index (Phi) is 5.29. The average molecular weight is 306 g/mol. The van der Waals surface area contributed by atoms with Crippen LogP contribution in [0.15, 0.2) is 18.2 Å². The lowest BCUT2D eigenvalue weighted by Crippen LogP contribution is -2.29. The summed E-state index contributed by atoms with van der Waals surface area (Å²) in [5, 5.41) is 6.20. The number of hydrogen-bond donors (Lipinski definition) is 2. The molecule has 0 radical (unpaired) electrons. The van der Waals surface area contributed by atoms with Gasteiger partial charge in [0.25, 0.3) is 0 Å². The minimum Gasteiger partial charge on any atom is -0.495 e. The van der Waals surface area contributed by atoms with E-state index in [1.807, 2.05) is 32.9 Å². The number of rotatable bonds is 3. The highest BCUT2D eigenvalue weighted by Crippen LogP contribution is 2.31. The molecule has 5 nitrogen and oxygen atoms in total. The maximum atomic E-state index is 12.0. The predicted molar refractivity (Wildman–Crippen MR) is 87.7 cm³/mol. The Bertz CT molecular complexity index is 517. The van der Waals surface area contributed by atoms with E-state index in [2.05, 4.69) is 16.7 Å². The molecule has 1 aliphatic heterocycles. The van der Waals surface area contributed by atoms with E-state index in [9.17, 15) is 4.79 Å². The summed E-state index contributed by atoms with van der Waals surface area (Å²) in [5.74, 6) is 1.11. The van der Waals surface area contributed by atoms with Crippen LogP contribution in [-0.2, 0) is 4.74 Å². The number of ether oxygens (including phenoxy) is 2. The molecule has 1 atom stereocenters. The minimum atomic E-state index is -0.526. The lowest BCUT2D eigenvalue weighted by atomic mass is 9.91. The molecule has 1 aliphatic rings. The second-order valence-corrected chi connectivity index (χ2v) is 6.63. The van der Waals surface area contributed by atoms with E-state index in [0.717, 1.165) is 19.5 Å². The summed E-state index contributed by atoms with van der Waals surface area (Å²) >= 11 is 0. The van der Waals surface area contributed by atoms with Gasteiger partial charge in [-0.25, -0.2) is 4.79 Å². The van der Waals surface area contributed by atoms with Crippen LogP contribution >= 0.6 is 0 Å². The highest BCUT2D eigenvalue weighted by atomic mass is 16.6. The SMILES string of the molecule is COc1ccc(C2CCCNC2)cc1NC(=O)OC(C)(C)C. The molecular weight excluding hydrogens is 280 g/mol. The fourth-order valence-electron chi connectivity index (χ4n) is 2.63. The first-order chi connectivity index (χ1) is 10.4. The predicted octanol–water partition coefficient (Wildman–Crippen LogP) is 3.51. The van der Waals surface area contributed by atoms with E-state index < -0.39 is 11.7 Å². The quantitative estimate of drug-likeness (QED) is 0.897. The Morgan fingerprint density at radius 2 is 2.14 bits per heavy atom. The number of carbonyl (C=O) groups excluding carboxylic acids is 1. The number of piperidine rings is 1. The van der Waals surface area contributed by atoms with Crippen molar-refractivity contribution >= 4 is 11.8 Å². The van der Waals surface area contributed by atoms with Crippen LogP contribution in [0.4, 0.5) is 10.5 Å². The minimum absolute atomic E-state index is 0.468. The fraction of sp³-hybridized carbons (Fsp3) is 0.588. The van der Waals surface area contributed by atoms with Crippen LogP contribution in [0, 0.1) is 0 Å². The zero-order valence-electron chi connectivity index (χ0n) is 13.9. The average Bonchev–Trinajstić information content (AvgIpc) is 2.46. The Balaban J connectivity index is 2.15. The van der Waals surface area contributed by atoms with E-state index in [-0.39, 0.29) is 0 Å². The van der Waals surface area contributed by atoms with Crippen LogP contribution in [0.2, 0.25) is 0 Å². The lowest BCUT2D eigenvalue weighted by molar-refractivity contribution is 0.0635. The Labute approximate surface area is 132 Å². The zero-order valence-corrected chi connectivity index (χ0v) is 13.9. The van der Waals surface area contributed by atoms with Crippen molar-refractivity contribution < 1.29 is 14.3 Å². The van der Waals surface area contributed by atoms with Crippen molar-refractivity contribution in [3.63, 3.8) is 0 Å². The number of hydrogen-bond acceptors (Lipinski definition) is 4. The van der Waals surface area contributed by atoms with Crippen molar-refractivity contribution in [3.8, 4) is 5.75 Å². The normalized spacial score (nSPS) is 18.6. The number of benzene rings is 1. The summed E-state index contributed by atoms with van der Waals surface area (Å²) in [7, 11) is 1.59. The molecule has 1 fully saturated rings. The van der Waals surface area contributed by atoms with Crippen LogP contribution in [0.25, 0.3) is 0 Å².